The second-order valence-electron chi connectivity index (χ2n) is 8.58. The van der Waals surface area contributed by atoms with E-state index in [1.165, 1.54) is 24.4 Å². The molecule has 1 aromatic heterocycles. The number of aryl methyl sites for hydroxylation is 1. The van der Waals surface area contributed by atoms with Crippen LogP contribution in [-0.4, -0.2) is 35.6 Å². The molecule has 36 heavy (non-hydrogen) atoms. The van der Waals surface area contributed by atoms with Crippen molar-refractivity contribution < 1.29 is 27.5 Å². The lowest BCUT2D eigenvalue weighted by Crippen LogP contribution is -2.59. The van der Waals surface area contributed by atoms with Gasteiger partial charge in [-0.25, -0.2) is 0 Å². The number of alkyl halides is 3. The van der Waals surface area contributed by atoms with Gasteiger partial charge in [0.1, 0.15) is 5.54 Å². The zero-order valence-electron chi connectivity index (χ0n) is 19.5. The van der Waals surface area contributed by atoms with Crippen molar-refractivity contribution in [2.24, 2.45) is 0 Å². The summed E-state index contributed by atoms with van der Waals surface area (Å²) >= 11 is 0. The van der Waals surface area contributed by atoms with E-state index in [-0.39, 0.29) is 24.7 Å². The van der Waals surface area contributed by atoms with Crippen LogP contribution in [0.4, 0.5) is 24.5 Å². The number of amides is 2. The monoisotopic (exact) mass is 498 g/mol. The SMILES string of the molecule is Cc1ccc(C(=O)NC2(C(=O)NCc3ccc(Nc4ccccc4C(F)(F)F)cc3)CCOC2)cn1. The average Bonchev–Trinajstić information content (AvgIpc) is 3.33. The molecule has 1 unspecified atom stereocenters. The minimum atomic E-state index is -4.47. The summed E-state index contributed by atoms with van der Waals surface area (Å²) < 4.78 is 45.1. The van der Waals surface area contributed by atoms with Gasteiger partial charge in [-0.2, -0.15) is 13.2 Å². The van der Waals surface area contributed by atoms with Gasteiger partial charge in [-0.1, -0.05) is 24.3 Å². The number of aromatic nitrogens is 1. The molecule has 0 spiro atoms. The second-order valence-corrected chi connectivity index (χ2v) is 8.58. The summed E-state index contributed by atoms with van der Waals surface area (Å²) in [6.45, 7) is 2.36. The van der Waals surface area contributed by atoms with Crippen LogP contribution in [0.2, 0.25) is 0 Å². The number of carbonyl (C=O) groups excluding carboxylic acids is 2. The molecule has 3 aromatic rings. The van der Waals surface area contributed by atoms with Gasteiger partial charge < -0.3 is 20.7 Å². The number of nitrogens with zero attached hydrogens (tertiary/aromatic N) is 1. The van der Waals surface area contributed by atoms with Crippen LogP contribution in [0, 0.1) is 6.92 Å². The highest BCUT2D eigenvalue weighted by Gasteiger charge is 2.43. The van der Waals surface area contributed by atoms with E-state index in [4.69, 9.17) is 4.74 Å². The normalized spacial score (nSPS) is 17.4. The Morgan fingerprint density at radius 2 is 1.81 bits per heavy atom. The minimum Gasteiger partial charge on any atom is -0.378 e. The Hall–Kier alpha value is -3.92. The van der Waals surface area contributed by atoms with Crippen molar-refractivity contribution in [1.29, 1.82) is 0 Å². The van der Waals surface area contributed by atoms with E-state index in [2.05, 4.69) is 20.9 Å². The van der Waals surface area contributed by atoms with Crippen molar-refractivity contribution in [3.63, 3.8) is 0 Å². The molecule has 3 N–H and O–H groups in total. The lowest BCUT2D eigenvalue weighted by molar-refractivity contribution is -0.137. The van der Waals surface area contributed by atoms with Gasteiger partial charge in [-0.05, 0) is 48.9 Å². The Labute approximate surface area is 206 Å². The third kappa shape index (κ3) is 5.83. The van der Waals surface area contributed by atoms with Crippen molar-refractivity contribution in [3.8, 4) is 0 Å². The largest absolute Gasteiger partial charge is 0.418 e. The number of hydrogen-bond acceptors (Lipinski definition) is 5. The lowest BCUT2D eigenvalue weighted by atomic mass is 9.96. The minimum absolute atomic E-state index is 0.0470. The Morgan fingerprint density at radius 3 is 2.44 bits per heavy atom. The highest BCUT2D eigenvalue weighted by Crippen LogP contribution is 2.35. The molecule has 2 amide bonds. The third-order valence-electron chi connectivity index (χ3n) is 5.90. The smallest absolute Gasteiger partial charge is 0.378 e. The van der Waals surface area contributed by atoms with Crippen LogP contribution < -0.4 is 16.0 Å². The van der Waals surface area contributed by atoms with E-state index in [9.17, 15) is 22.8 Å². The number of ether oxygens (including phenoxy) is 1. The molecule has 1 fully saturated rings. The molecule has 1 aliphatic rings. The van der Waals surface area contributed by atoms with Crippen LogP contribution in [0.3, 0.4) is 0 Å². The number of rotatable bonds is 7. The summed E-state index contributed by atoms with van der Waals surface area (Å²) in [4.78, 5) is 29.9. The van der Waals surface area contributed by atoms with Crippen molar-refractivity contribution >= 4 is 23.2 Å². The number of pyridine rings is 1. The van der Waals surface area contributed by atoms with E-state index in [0.717, 1.165) is 17.3 Å². The number of hydrogen-bond donors (Lipinski definition) is 3. The topological polar surface area (TPSA) is 92.4 Å². The van der Waals surface area contributed by atoms with Crippen LogP contribution in [0.25, 0.3) is 0 Å². The van der Waals surface area contributed by atoms with Crippen molar-refractivity contribution in [3.05, 3.63) is 89.2 Å². The van der Waals surface area contributed by atoms with Crippen LogP contribution in [0.5, 0.6) is 0 Å². The fraction of sp³-hybridized carbons (Fsp3) is 0.269. The van der Waals surface area contributed by atoms with Crippen molar-refractivity contribution in [1.82, 2.24) is 15.6 Å². The first-order chi connectivity index (χ1) is 17.2. The Bertz CT molecular complexity index is 1220. The first kappa shape index (κ1) is 25.2. The van der Waals surface area contributed by atoms with Gasteiger partial charge in [0.2, 0.25) is 5.91 Å². The van der Waals surface area contributed by atoms with Crippen LogP contribution in [0.1, 0.15) is 33.6 Å². The van der Waals surface area contributed by atoms with Gasteiger partial charge in [0.25, 0.3) is 5.91 Å². The molecule has 7 nitrogen and oxygen atoms in total. The first-order valence-corrected chi connectivity index (χ1v) is 11.3. The molecule has 0 bridgehead atoms. The molecule has 1 saturated heterocycles. The molecule has 1 atom stereocenters. The first-order valence-electron chi connectivity index (χ1n) is 11.3. The van der Waals surface area contributed by atoms with Gasteiger partial charge in [-0.3, -0.25) is 14.6 Å². The molecule has 188 valence electrons. The predicted molar refractivity (Wildman–Crippen MR) is 128 cm³/mol. The maximum absolute atomic E-state index is 13.2. The summed E-state index contributed by atoms with van der Waals surface area (Å²) in [6.07, 6.45) is -2.70. The molecule has 4 rings (SSSR count). The standard InChI is InChI=1S/C26H25F3N4O3/c1-17-6-9-19(15-30-17)23(34)33-25(12-13-36-16-25)24(35)31-14-18-7-10-20(11-8-18)32-22-5-3-2-4-21(22)26(27,28)29/h2-11,15,32H,12-14,16H2,1H3,(H,31,35)(H,33,34). The molecular formula is C26H25F3N4O3. The Kier molecular flexibility index (Phi) is 7.25. The lowest BCUT2D eigenvalue weighted by Gasteiger charge is -2.27. The van der Waals surface area contributed by atoms with Gasteiger partial charge in [0.05, 0.1) is 23.4 Å². The fourth-order valence-electron chi connectivity index (χ4n) is 3.84. The number of halogens is 3. The quantitative estimate of drug-likeness (QED) is 0.450. The Morgan fingerprint density at radius 1 is 1.06 bits per heavy atom. The zero-order valence-corrected chi connectivity index (χ0v) is 19.5. The predicted octanol–water partition coefficient (Wildman–Crippen LogP) is 4.36. The molecule has 2 heterocycles. The summed E-state index contributed by atoms with van der Waals surface area (Å²) in [5, 5.41) is 8.41. The molecular weight excluding hydrogens is 473 g/mol. The number of carbonyl (C=O) groups is 2. The summed E-state index contributed by atoms with van der Waals surface area (Å²) in [6, 6.07) is 15.3. The van der Waals surface area contributed by atoms with E-state index in [1.54, 1.807) is 36.4 Å². The molecule has 0 aliphatic carbocycles. The highest BCUT2D eigenvalue weighted by molar-refractivity contribution is 5.99. The molecule has 1 aliphatic heterocycles. The van der Waals surface area contributed by atoms with Crippen molar-refractivity contribution in [2.75, 3.05) is 18.5 Å². The van der Waals surface area contributed by atoms with Crippen LogP contribution >= 0.6 is 0 Å². The van der Waals surface area contributed by atoms with Crippen LogP contribution in [-0.2, 0) is 22.3 Å². The number of benzene rings is 2. The van der Waals surface area contributed by atoms with E-state index in [0.29, 0.717) is 24.3 Å². The summed E-state index contributed by atoms with van der Waals surface area (Å²) in [5.41, 5.74) is 0.319. The zero-order chi connectivity index (χ0) is 25.8. The maximum atomic E-state index is 13.2. The number of para-hydroxylation sites is 1. The Balaban J connectivity index is 1.38. The van der Waals surface area contributed by atoms with E-state index < -0.39 is 23.2 Å². The summed E-state index contributed by atoms with van der Waals surface area (Å²) in [5.74, 6) is -0.799. The van der Waals surface area contributed by atoms with Crippen LogP contribution in [0.15, 0.2) is 66.9 Å². The number of nitrogens with one attached hydrogen (secondary N) is 3. The van der Waals surface area contributed by atoms with E-state index >= 15 is 0 Å². The molecule has 0 saturated carbocycles. The van der Waals surface area contributed by atoms with Gasteiger partial charge in [0.15, 0.2) is 0 Å². The van der Waals surface area contributed by atoms with E-state index in [1.807, 2.05) is 6.92 Å². The van der Waals surface area contributed by atoms with Gasteiger partial charge >= 0.3 is 6.18 Å². The highest BCUT2D eigenvalue weighted by atomic mass is 19.4. The van der Waals surface area contributed by atoms with Gasteiger partial charge in [-0.15, -0.1) is 0 Å². The average molecular weight is 499 g/mol. The number of anilines is 2. The van der Waals surface area contributed by atoms with Gasteiger partial charge in [0, 0.05) is 37.2 Å². The second kappa shape index (κ2) is 10.4. The maximum Gasteiger partial charge on any atom is 0.418 e. The van der Waals surface area contributed by atoms with Crippen molar-refractivity contribution in [2.45, 2.75) is 31.6 Å². The third-order valence-corrected chi connectivity index (χ3v) is 5.90. The molecule has 2 aromatic carbocycles. The summed E-state index contributed by atoms with van der Waals surface area (Å²) in [7, 11) is 0. The molecule has 0 radical (unpaired) electrons. The fourth-order valence-corrected chi connectivity index (χ4v) is 3.84. The molecule has 10 heteroatoms.